The summed E-state index contributed by atoms with van der Waals surface area (Å²) in [6, 6.07) is 14.7. The monoisotopic (exact) mass is 383 g/mol. The zero-order chi connectivity index (χ0) is 19.1. The number of benzene rings is 2. The van der Waals surface area contributed by atoms with E-state index < -0.39 is 0 Å². The number of urea groups is 1. The van der Waals surface area contributed by atoms with E-state index in [1.165, 1.54) is 0 Å². The van der Waals surface area contributed by atoms with Gasteiger partial charge in [0.2, 0.25) is 0 Å². The molecular weight excluding hydrogens is 362 g/mol. The molecule has 0 aliphatic carbocycles. The van der Waals surface area contributed by atoms with Crippen LogP contribution in [-0.4, -0.2) is 31.8 Å². The van der Waals surface area contributed by atoms with E-state index in [4.69, 9.17) is 9.47 Å². The first kappa shape index (κ1) is 18.7. The highest BCUT2D eigenvalue weighted by molar-refractivity contribution is 7.09. The van der Waals surface area contributed by atoms with Crippen LogP contribution in [0.2, 0.25) is 0 Å². The van der Waals surface area contributed by atoms with Gasteiger partial charge in [-0.25, -0.2) is 9.78 Å². The van der Waals surface area contributed by atoms with Crippen LogP contribution in [0.5, 0.6) is 11.5 Å². The molecule has 27 heavy (non-hydrogen) atoms. The number of methoxy groups -OCH3 is 2. The van der Waals surface area contributed by atoms with E-state index in [9.17, 15) is 4.79 Å². The summed E-state index contributed by atoms with van der Waals surface area (Å²) in [5, 5.41) is 8.63. The van der Waals surface area contributed by atoms with Crippen molar-refractivity contribution in [1.29, 1.82) is 0 Å². The van der Waals surface area contributed by atoms with Crippen LogP contribution < -0.4 is 20.1 Å². The van der Waals surface area contributed by atoms with Crippen molar-refractivity contribution < 1.29 is 14.3 Å². The van der Waals surface area contributed by atoms with Crippen LogP contribution in [0.1, 0.15) is 5.01 Å². The van der Waals surface area contributed by atoms with Gasteiger partial charge in [0.05, 0.1) is 24.9 Å². The van der Waals surface area contributed by atoms with E-state index in [1.54, 1.807) is 49.8 Å². The third-order valence-corrected chi connectivity index (χ3v) is 4.82. The fourth-order valence-electron chi connectivity index (χ4n) is 2.45. The second kappa shape index (κ2) is 9.05. The first-order valence-electron chi connectivity index (χ1n) is 8.45. The largest absolute Gasteiger partial charge is 0.497 e. The molecule has 0 spiro atoms. The molecule has 0 unspecified atom stereocenters. The molecular formula is C20H21N3O3S. The normalized spacial score (nSPS) is 10.3. The number of carbonyl (C=O) groups excluding carboxylic acids is 1. The summed E-state index contributed by atoms with van der Waals surface area (Å²) < 4.78 is 10.3. The van der Waals surface area contributed by atoms with E-state index in [0.29, 0.717) is 18.7 Å². The van der Waals surface area contributed by atoms with Gasteiger partial charge in [0.15, 0.2) is 0 Å². The van der Waals surface area contributed by atoms with Gasteiger partial charge >= 0.3 is 6.03 Å². The first-order chi connectivity index (χ1) is 13.2. The molecule has 6 nitrogen and oxygen atoms in total. The van der Waals surface area contributed by atoms with Crippen LogP contribution in [0.15, 0.2) is 53.9 Å². The predicted octanol–water partition coefficient (Wildman–Crippen LogP) is 4.19. The van der Waals surface area contributed by atoms with Crippen LogP contribution in [0.25, 0.3) is 11.3 Å². The Bertz CT molecular complexity index is 876. The number of thiazole rings is 1. The third-order valence-electron chi connectivity index (χ3n) is 3.91. The molecule has 0 fully saturated rings. The molecule has 3 aromatic rings. The lowest BCUT2D eigenvalue weighted by Crippen LogP contribution is -2.30. The number of carbonyl (C=O) groups is 1. The Hall–Kier alpha value is -3.06. The second-order valence-electron chi connectivity index (χ2n) is 5.71. The molecule has 0 bridgehead atoms. The van der Waals surface area contributed by atoms with E-state index in [-0.39, 0.29) is 6.03 Å². The Kier molecular flexibility index (Phi) is 6.27. The average molecular weight is 383 g/mol. The number of hydrogen-bond donors (Lipinski definition) is 2. The molecule has 0 aliphatic heterocycles. The maximum Gasteiger partial charge on any atom is 0.319 e. The molecule has 7 heteroatoms. The molecule has 0 atom stereocenters. The minimum Gasteiger partial charge on any atom is -0.497 e. The lowest BCUT2D eigenvalue weighted by Gasteiger charge is -2.07. The number of nitrogens with one attached hydrogen (secondary N) is 2. The lowest BCUT2D eigenvalue weighted by atomic mass is 10.2. The van der Waals surface area contributed by atoms with E-state index in [2.05, 4.69) is 15.6 Å². The summed E-state index contributed by atoms with van der Waals surface area (Å²) in [7, 11) is 3.25. The molecule has 1 heterocycles. The standard InChI is InChI=1S/C20H21N3O3S/c1-25-16-7-3-14(4-8-16)18-13-27-19(23-18)11-12-21-20(24)22-15-5-9-17(26-2)10-6-15/h3-10,13H,11-12H2,1-2H3,(H2,21,22,24). The van der Waals surface area contributed by atoms with Gasteiger partial charge in [-0.15, -0.1) is 11.3 Å². The maximum absolute atomic E-state index is 12.0. The quantitative estimate of drug-likeness (QED) is 0.642. The van der Waals surface area contributed by atoms with Gasteiger partial charge in [-0.2, -0.15) is 0 Å². The molecule has 2 aromatic carbocycles. The summed E-state index contributed by atoms with van der Waals surface area (Å²) >= 11 is 1.59. The van der Waals surface area contributed by atoms with E-state index in [0.717, 1.165) is 27.8 Å². The van der Waals surface area contributed by atoms with Gasteiger partial charge in [0.1, 0.15) is 11.5 Å². The number of rotatable bonds is 7. The summed E-state index contributed by atoms with van der Waals surface area (Å²) in [5.41, 5.74) is 2.69. The number of amides is 2. The number of aromatic nitrogens is 1. The van der Waals surface area contributed by atoms with Crippen LogP contribution in [-0.2, 0) is 6.42 Å². The number of anilines is 1. The first-order valence-corrected chi connectivity index (χ1v) is 9.33. The highest BCUT2D eigenvalue weighted by Gasteiger charge is 2.06. The molecule has 3 rings (SSSR count). The van der Waals surface area contributed by atoms with Crippen LogP contribution in [0, 0.1) is 0 Å². The fraction of sp³-hybridized carbons (Fsp3) is 0.200. The van der Waals surface area contributed by atoms with E-state index >= 15 is 0 Å². The Morgan fingerprint density at radius 2 is 1.63 bits per heavy atom. The third kappa shape index (κ3) is 5.21. The van der Waals surface area contributed by atoms with Crippen LogP contribution >= 0.6 is 11.3 Å². The Morgan fingerprint density at radius 3 is 2.26 bits per heavy atom. The molecule has 0 aliphatic rings. The Morgan fingerprint density at radius 1 is 1.00 bits per heavy atom. The Balaban J connectivity index is 1.47. The van der Waals surface area contributed by atoms with Crippen LogP contribution in [0.4, 0.5) is 10.5 Å². The van der Waals surface area contributed by atoms with Crippen molar-refractivity contribution >= 4 is 23.1 Å². The van der Waals surface area contributed by atoms with Gasteiger partial charge < -0.3 is 20.1 Å². The lowest BCUT2D eigenvalue weighted by molar-refractivity contribution is 0.252. The van der Waals surface area contributed by atoms with Gasteiger partial charge in [0.25, 0.3) is 0 Å². The molecule has 0 saturated heterocycles. The SMILES string of the molecule is COc1ccc(NC(=O)NCCc2nc(-c3ccc(OC)cc3)cs2)cc1. The minimum atomic E-state index is -0.243. The summed E-state index contributed by atoms with van der Waals surface area (Å²) in [4.78, 5) is 16.6. The Labute approximate surface area is 162 Å². The molecule has 0 saturated carbocycles. The van der Waals surface area contributed by atoms with E-state index in [1.807, 2.05) is 29.6 Å². The van der Waals surface area contributed by atoms with Crippen molar-refractivity contribution in [3.8, 4) is 22.8 Å². The van der Waals surface area contributed by atoms with Gasteiger partial charge in [-0.3, -0.25) is 0 Å². The highest BCUT2D eigenvalue weighted by Crippen LogP contribution is 2.24. The maximum atomic E-state index is 12.0. The minimum absolute atomic E-state index is 0.243. The summed E-state index contributed by atoms with van der Waals surface area (Å²) in [5.74, 6) is 1.57. The van der Waals surface area contributed by atoms with Gasteiger partial charge in [-0.1, -0.05) is 0 Å². The van der Waals surface area contributed by atoms with Gasteiger partial charge in [0, 0.05) is 29.6 Å². The van der Waals surface area contributed by atoms with Crippen molar-refractivity contribution in [2.75, 3.05) is 26.1 Å². The zero-order valence-corrected chi connectivity index (χ0v) is 16.0. The summed E-state index contributed by atoms with van der Waals surface area (Å²) in [6.07, 6.45) is 0.677. The zero-order valence-electron chi connectivity index (χ0n) is 15.2. The van der Waals surface area contributed by atoms with Gasteiger partial charge in [-0.05, 0) is 48.5 Å². The van der Waals surface area contributed by atoms with Crippen molar-refractivity contribution in [3.63, 3.8) is 0 Å². The molecule has 140 valence electrons. The van der Waals surface area contributed by atoms with Crippen molar-refractivity contribution in [2.24, 2.45) is 0 Å². The van der Waals surface area contributed by atoms with Crippen molar-refractivity contribution in [3.05, 3.63) is 58.9 Å². The number of nitrogens with zero attached hydrogens (tertiary/aromatic N) is 1. The molecule has 0 radical (unpaired) electrons. The fourth-order valence-corrected chi connectivity index (χ4v) is 3.26. The highest BCUT2D eigenvalue weighted by atomic mass is 32.1. The number of hydrogen-bond acceptors (Lipinski definition) is 5. The van der Waals surface area contributed by atoms with Crippen LogP contribution in [0.3, 0.4) is 0 Å². The molecule has 2 amide bonds. The second-order valence-corrected chi connectivity index (χ2v) is 6.66. The van der Waals surface area contributed by atoms with Crippen molar-refractivity contribution in [2.45, 2.75) is 6.42 Å². The predicted molar refractivity (Wildman–Crippen MR) is 108 cm³/mol. The molecule has 2 N–H and O–H groups in total. The summed E-state index contributed by atoms with van der Waals surface area (Å²) in [6.45, 7) is 0.511. The average Bonchev–Trinajstić information content (AvgIpc) is 3.17. The smallest absolute Gasteiger partial charge is 0.319 e. The molecule has 1 aromatic heterocycles. The topological polar surface area (TPSA) is 72.5 Å². The van der Waals surface area contributed by atoms with Crippen molar-refractivity contribution in [1.82, 2.24) is 10.3 Å². The number of ether oxygens (including phenoxy) is 2.